The summed E-state index contributed by atoms with van der Waals surface area (Å²) < 4.78 is 0. The van der Waals surface area contributed by atoms with Gasteiger partial charge in [-0.25, -0.2) is 0 Å². The van der Waals surface area contributed by atoms with Crippen LogP contribution in [0.3, 0.4) is 0 Å². The van der Waals surface area contributed by atoms with E-state index >= 15 is 0 Å². The maximum absolute atomic E-state index is 11.8. The zero-order chi connectivity index (χ0) is 20.2. The molecule has 0 radical (unpaired) electrons. The van der Waals surface area contributed by atoms with Crippen molar-refractivity contribution >= 4 is 0 Å². The van der Waals surface area contributed by atoms with Crippen molar-refractivity contribution in [1.29, 1.82) is 0 Å². The third-order valence-corrected chi connectivity index (χ3v) is 5.54. The van der Waals surface area contributed by atoms with Gasteiger partial charge in [-0.15, -0.1) is 4.91 Å². The van der Waals surface area contributed by atoms with Gasteiger partial charge < -0.3 is 5.11 Å². The van der Waals surface area contributed by atoms with Gasteiger partial charge in [0.15, 0.2) is 0 Å². The van der Waals surface area contributed by atoms with Gasteiger partial charge in [0.2, 0.25) is 0 Å². The molecule has 0 saturated carbocycles. The fourth-order valence-corrected chi connectivity index (χ4v) is 3.96. The highest BCUT2D eigenvalue weighted by molar-refractivity contribution is 5.39. The summed E-state index contributed by atoms with van der Waals surface area (Å²) >= 11 is 0. The molecule has 1 N–H and O–H groups in total. The molecule has 152 valence electrons. The van der Waals surface area contributed by atoms with E-state index in [1.54, 1.807) is 0 Å². The standard InChI is InChI=1S/C25H35NO2/c1-3-4-5-6-8-13-21(19-18-20(2)27)23-16-11-12-17-24(23)25(26-28)22-14-9-7-10-15-22/h7,9-12,14-17,20-21,25,27H,3-6,8,13,18-19H2,1-2H3. The molecule has 0 heterocycles. The first-order chi connectivity index (χ1) is 13.7. The Kier molecular flexibility index (Phi) is 9.92. The number of hydrogen-bond donors (Lipinski definition) is 1. The Labute approximate surface area is 170 Å². The lowest BCUT2D eigenvalue weighted by Gasteiger charge is -2.23. The highest BCUT2D eigenvalue weighted by Gasteiger charge is 2.22. The largest absolute Gasteiger partial charge is 0.393 e. The van der Waals surface area contributed by atoms with E-state index < -0.39 is 6.04 Å². The van der Waals surface area contributed by atoms with Crippen molar-refractivity contribution in [3.63, 3.8) is 0 Å². The van der Waals surface area contributed by atoms with Crippen LogP contribution in [0.2, 0.25) is 0 Å². The second kappa shape index (κ2) is 12.5. The van der Waals surface area contributed by atoms with E-state index in [9.17, 15) is 10.0 Å². The molecule has 0 aliphatic carbocycles. The molecule has 3 nitrogen and oxygen atoms in total. The van der Waals surface area contributed by atoms with Gasteiger partial charge in [0.1, 0.15) is 6.04 Å². The molecule has 0 aliphatic heterocycles. The van der Waals surface area contributed by atoms with Crippen LogP contribution in [0.15, 0.2) is 59.8 Å². The molecule has 0 aliphatic rings. The lowest BCUT2D eigenvalue weighted by Crippen LogP contribution is -2.10. The van der Waals surface area contributed by atoms with Crippen molar-refractivity contribution < 1.29 is 5.11 Å². The van der Waals surface area contributed by atoms with Crippen molar-refractivity contribution in [3.8, 4) is 0 Å². The Bertz CT molecular complexity index is 684. The van der Waals surface area contributed by atoms with Crippen LogP contribution in [0.25, 0.3) is 0 Å². The zero-order valence-corrected chi connectivity index (χ0v) is 17.4. The molecule has 28 heavy (non-hydrogen) atoms. The highest BCUT2D eigenvalue weighted by atomic mass is 16.3. The first kappa shape index (κ1) is 22.3. The quantitative estimate of drug-likeness (QED) is 0.296. The Hall–Kier alpha value is -2.00. The summed E-state index contributed by atoms with van der Waals surface area (Å²) in [5.41, 5.74) is 3.15. The van der Waals surface area contributed by atoms with Crippen LogP contribution in [0.4, 0.5) is 0 Å². The molecule has 0 amide bonds. The minimum absolute atomic E-state index is 0.302. The first-order valence-electron chi connectivity index (χ1n) is 10.8. The van der Waals surface area contributed by atoms with E-state index in [-0.39, 0.29) is 6.10 Å². The van der Waals surface area contributed by atoms with Gasteiger partial charge in [-0.1, -0.05) is 98.8 Å². The number of nitroso groups, excluding NO2 is 1. The van der Waals surface area contributed by atoms with E-state index in [0.29, 0.717) is 5.92 Å². The zero-order valence-electron chi connectivity index (χ0n) is 17.4. The van der Waals surface area contributed by atoms with Crippen LogP contribution < -0.4 is 0 Å². The maximum Gasteiger partial charge on any atom is 0.142 e. The molecular formula is C25H35NO2. The van der Waals surface area contributed by atoms with Crippen molar-refractivity contribution in [2.45, 2.75) is 83.3 Å². The molecule has 0 bridgehead atoms. The number of unbranched alkanes of at least 4 members (excludes halogenated alkanes) is 4. The summed E-state index contributed by atoms with van der Waals surface area (Å²) in [5, 5.41) is 13.3. The minimum Gasteiger partial charge on any atom is -0.393 e. The smallest absolute Gasteiger partial charge is 0.142 e. The van der Waals surface area contributed by atoms with Gasteiger partial charge in [-0.2, -0.15) is 0 Å². The summed E-state index contributed by atoms with van der Waals surface area (Å²) in [6, 6.07) is 17.6. The van der Waals surface area contributed by atoms with Gasteiger partial charge in [0, 0.05) is 0 Å². The van der Waals surface area contributed by atoms with Crippen molar-refractivity contribution in [3.05, 3.63) is 76.2 Å². The predicted molar refractivity (Wildman–Crippen MR) is 118 cm³/mol. The molecular weight excluding hydrogens is 346 g/mol. The Morgan fingerprint density at radius 1 is 0.821 bits per heavy atom. The van der Waals surface area contributed by atoms with Crippen molar-refractivity contribution in [2.75, 3.05) is 0 Å². The molecule has 3 atom stereocenters. The monoisotopic (exact) mass is 381 g/mol. The first-order valence-corrected chi connectivity index (χ1v) is 10.8. The molecule has 3 unspecified atom stereocenters. The van der Waals surface area contributed by atoms with Crippen LogP contribution in [-0.4, -0.2) is 11.2 Å². The topological polar surface area (TPSA) is 49.7 Å². The van der Waals surface area contributed by atoms with E-state index in [4.69, 9.17) is 0 Å². The number of nitrogens with zero attached hydrogens (tertiary/aromatic N) is 1. The average molecular weight is 382 g/mol. The molecule has 0 aromatic heterocycles. The third kappa shape index (κ3) is 6.87. The van der Waals surface area contributed by atoms with Gasteiger partial charge in [-0.3, -0.25) is 0 Å². The van der Waals surface area contributed by atoms with Crippen molar-refractivity contribution in [2.24, 2.45) is 5.18 Å². The molecule has 0 fully saturated rings. The molecule has 3 heteroatoms. The van der Waals surface area contributed by atoms with Gasteiger partial charge in [0.05, 0.1) is 6.10 Å². The summed E-state index contributed by atoms with van der Waals surface area (Å²) in [6.07, 6.45) is 8.75. The summed E-state index contributed by atoms with van der Waals surface area (Å²) in [4.78, 5) is 11.8. The Morgan fingerprint density at radius 3 is 2.11 bits per heavy atom. The maximum atomic E-state index is 11.8. The fraction of sp³-hybridized carbons (Fsp3) is 0.520. The second-order valence-corrected chi connectivity index (χ2v) is 7.87. The summed E-state index contributed by atoms with van der Waals surface area (Å²) in [7, 11) is 0. The van der Waals surface area contributed by atoms with Crippen LogP contribution in [-0.2, 0) is 0 Å². The van der Waals surface area contributed by atoms with E-state index in [1.165, 1.54) is 37.7 Å². The second-order valence-electron chi connectivity index (χ2n) is 7.87. The number of hydrogen-bond acceptors (Lipinski definition) is 3. The molecule has 2 rings (SSSR count). The summed E-state index contributed by atoms with van der Waals surface area (Å²) in [6.45, 7) is 4.09. The molecule has 2 aromatic carbocycles. The lowest BCUT2D eigenvalue weighted by atomic mass is 9.82. The number of rotatable bonds is 13. The SMILES string of the molecule is CCCCCCCC(CCC(C)O)c1ccccc1C(N=O)c1ccccc1. The van der Waals surface area contributed by atoms with Crippen LogP contribution in [0, 0.1) is 4.91 Å². The Balaban J connectivity index is 2.25. The lowest BCUT2D eigenvalue weighted by molar-refractivity contribution is 0.177. The van der Waals surface area contributed by atoms with Gasteiger partial charge in [-0.05, 0) is 48.8 Å². The number of aliphatic hydroxyl groups excluding tert-OH is 1. The molecule has 2 aromatic rings. The molecule has 0 spiro atoms. The summed E-state index contributed by atoms with van der Waals surface area (Å²) in [5.74, 6) is 0.348. The van der Waals surface area contributed by atoms with E-state index in [2.05, 4.69) is 24.2 Å². The minimum atomic E-state index is -0.480. The third-order valence-electron chi connectivity index (χ3n) is 5.54. The van der Waals surface area contributed by atoms with Crippen LogP contribution in [0.5, 0.6) is 0 Å². The van der Waals surface area contributed by atoms with Gasteiger partial charge >= 0.3 is 0 Å². The van der Waals surface area contributed by atoms with E-state index in [0.717, 1.165) is 30.4 Å². The number of aliphatic hydroxyl groups is 1. The highest BCUT2D eigenvalue weighted by Crippen LogP contribution is 2.36. The van der Waals surface area contributed by atoms with Gasteiger partial charge in [0.25, 0.3) is 0 Å². The average Bonchev–Trinajstić information content (AvgIpc) is 2.72. The van der Waals surface area contributed by atoms with Crippen molar-refractivity contribution in [1.82, 2.24) is 0 Å². The Morgan fingerprint density at radius 2 is 1.46 bits per heavy atom. The van der Waals surface area contributed by atoms with E-state index in [1.807, 2.05) is 49.4 Å². The number of benzene rings is 2. The fourth-order valence-electron chi connectivity index (χ4n) is 3.96. The van der Waals surface area contributed by atoms with Crippen LogP contribution >= 0.6 is 0 Å². The normalized spacial score (nSPS) is 14.4. The van der Waals surface area contributed by atoms with Crippen LogP contribution in [0.1, 0.15) is 93.9 Å². The molecule has 0 saturated heterocycles. The predicted octanol–water partition coefficient (Wildman–Crippen LogP) is 7.15.